The molecule has 0 saturated heterocycles. The van der Waals surface area contributed by atoms with Crippen molar-refractivity contribution in [3.8, 4) is 0 Å². The highest BCUT2D eigenvalue weighted by molar-refractivity contribution is 5.91. The molecule has 0 fully saturated rings. The quantitative estimate of drug-likeness (QED) is 0.538. The number of nitrogens with two attached hydrogens (primary N) is 1. The Labute approximate surface area is 164 Å². The maximum absolute atomic E-state index is 12.1. The van der Waals surface area contributed by atoms with E-state index < -0.39 is 6.09 Å². The zero-order chi connectivity index (χ0) is 20.4. The number of nitrogens with zero attached hydrogens (tertiary/aromatic N) is 1. The molecule has 2 amide bonds. The molecule has 0 aliphatic heterocycles. The molecule has 8 nitrogen and oxygen atoms in total. The van der Waals surface area contributed by atoms with Crippen molar-refractivity contribution in [2.45, 2.75) is 39.3 Å². The van der Waals surface area contributed by atoms with Gasteiger partial charge in [-0.15, -0.1) is 0 Å². The molecule has 0 radical (unpaired) electrons. The van der Waals surface area contributed by atoms with Crippen LogP contribution in [0.25, 0.3) is 0 Å². The number of rotatable bonds is 10. The smallest absolute Gasteiger partial charge is 0.407 e. The number of benzene rings is 1. The summed E-state index contributed by atoms with van der Waals surface area (Å²) in [5, 5.41) is 5.37. The summed E-state index contributed by atoms with van der Waals surface area (Å²) < 4.78 is 10.4. The van der Waals surface area contributed by atoms with Gasteiger partial charge < -0.3 is 25.5 Å². The SMILES string of the molecule is CC(C)CC(N)c1nc(C(=O)NCCCNC(=O)OCc2ccccc2)co1. The Morgan fingerprint density at radius 3 is 2.61 bits per heavy atom. The fraction of sp³-hybridized carbons (Fsp3) is 0.450. The third kappa shape index (κ3) is 7.40. The van der Waals surface area contributed by atoms with Gasteiger partial charge in [0.05, 0.1) is 6.04 Å². The fourth-order valence-corrected chi connectivity index (χ4v) is 2.52. The van der Waals surface area contributed by atoms with Gasteiger partial charge in [-0.3, -0.25) is 4.79 Å². The lowest BCUT2D eigenvalue weighted by Crippen LogP contribution is -2.30. The van der Waals surface area contributed by atoms with Crippen LogP contribution in [0.5, 0.6) is 0 Å². The second-order valence-corrected chi connectivity index (χ2v) is 6.90. The number of ether oxygens (including phenoxy) is 1. The molecule has 152 valence electrons. The molecule has 1 unspecified atom stereocenters. The van der Waals surface area contributed by atoms with Gasteiger partial charge in [-0.25, -0.2) is 9.78 Å². The number of carbonyl (C=O) groups is 2. The standard InChI is InChI=1S/C20H28N4O4/c1-14(2)11-16(21)19-24-17(13-27-19)18(25)22-9-6-10-23-20(26)28-12-15-7-4-3-5-8-15/h3-5,7-8,13-14,16H,6,9-12,21H2,1-2H3,(H,22,25)(H,23,26). The van der Waals surface area contributed by atoms with Crippen molar-refractivity contribution in [2.75, 3.05) is 13.1 Å². The number of aromatic nitrogens is 1. The highest BCUT2D eigenvalue weighted by Crippen LogP contribution is 2.18. The molecular weight excluding hydrogens is 360 g/mol. The summed E-state index contributed by atoms with van der Waals surface area (Å²) in [6, 6.07) is 9.11. The largest absolute Gasteiger partial charge is 0.446 e. The average molecular weight is 388 g/mol. The molecule has 0 aliphatic rings. The highest BCUT2D eigenvalue weighted by atomic mass is 16.5. The van der Waals surface area contributed by atoms with Crippen LogP contribution in [-0.2, 0) is 11.3 Å². The number of hydrogen-bond acceptors (Lipinski definition) is 6. The first-order valence-corrected chi connectivity index (χ1v) is 9.39. The lowest BCUT2D eigenvalue weighted by atomic mass is 10.0. The molecule has 1 aromatic heterocycles. The van der Waals surface area contributed by atoms with Gasteiger partial charge in [-0.05, 0) is 24.3 Å². The van der Waals surface area contributed by atoms with Crippen molar-refractivity contribution in [1.82, 2.24) is 15.6 Å². The summed E-state index contributed by atoms with van der Waals surface area (Å²) >= 11 is 0. The third-order valence-corrected chi connectivity index (χ3v) is 3.92. The molecule has 1 heterocycles. The van der Waals surface area contributed by atoms with E-state index >= 15 is 0 Å². The minimum atomic E-state index is -0.490. The summed E-state index contributed by atoms with van der Waals surface area (Å²) in [4.78, 5) is 27.8. The Morgan fingerprint density at radius 2 is 1.89 bits per heavy atom. The maximum atomic E-state index is 12.1. The molecule has 1 aromatic carbocycles. The van der Waals surface area contributed by atoms with Crippen molar-refractivity contribution in [3.63, 3.8) is 0 Å². The van der Waals surface area contributed by atoms with E-state index in [1.807, 2.05) is 30.3 Å². The van der Waals surface area contributed by atoms with Gasteiger partial charge in [0.25, 0.3) is 5.91 Å². The minimum absolute atomic E-state index is 0.199. The number of amides is 2. The predicted octanol–water partition coefficient (Wildman–Crippen LogP) is 2.77. The number of carbonyl (C=O) groups excluding carboxylic acids is 2. The van der Waals surface area contributed by atoms with Gasteiger partial charge in [0.1, 0.15) is 12.9 Å². The van der Waals surface area contributed by atoms with Crippen molar-refractivity contribution in [2.24, 2.45) is 11.7 Å². The Hall–Kier alpha value is -2.87. The van der Waals surface area contributed by atoms with Crippen LogP contribution in [0.1, 0.15) is 54.7 Å². The van der Waals surface area contributed by atoms with E-state index in [0.29, 0.717) is 31.3 Å². The molecular formula is C20H28N4O4. The van der Waals surface area contributed by atoms with Crippen LogP contribution < -0.4 is 16.4 Å². The van der Waals surface area contributed by atoms with Gasteiger partial charge >= 0.3 is 6.09 Å². The summed E-state index contributed by atoms with van der Waals surface area (Å²) in [6.07, 6.45) is 2.11. The highest BCUT2D eigenvalue weighted by Gasteiger charge is 2.17. The van der Waals surface area contributed by atoms with E-state index in [2.05, 4.69) is 29.5 Å². The summed E-state index contributed by atoms with van der Waals surface area (Å²) in [6.45, 7) is 5.11. The van der Waals surface area contributed by atoms with E-state index in [0.717, 1.165) is 12.0 Å². The predicted molar refractivity (Wildman–Crippen MR) is 104 cm³/mol. The number of hydrogen-bond donors (Lipinski definition) is 3. The lowest BCUT2D eigenvalue weighted by molar-refractivity contribution is 0.0948. The fourth-order valence-electron chi connectivity index (χ4n) is 2.52. The van der Waals surface area contributed by atoms with Crippen molar-refractivity contribution >= 4 is 12.0 Å². The summed E-state index contributed by atoms with van der Waals surface area (Å²) in [5.41, 5.74) is 7.12. The Bertz CT molecular complexity index is 746. The lowest BCUT2D eigenvalue weighted by Gasteiger charge is -2.09. The Kier molecular flexibility index (Phi) is 8.48. The first kappa shape index (κ1) is 21.4. The van der Waals surface area contributed by atoms with E-state index in [4.69, 9.17) is 14.9 Å². The van der Waals surface area contributed by atoms with Gasteiger partial charge in [-0.1, -0.05) is 44.2 Å². The molecule has 0 bridgehead atoms. The van der Waals surface area contributed by atoms with Crippen LogP contribution in [0.3, 0.4) is 0 Å². The molecule has 2 rings (SSSR count). The Morgan fingerprint density at radius 1 is 1.18 bits per heavy atom. The van der Waals surface area contributed by atoms with Crippen molar-refractivity contribution in [3.05, 3.63) is 53.7 Å². The van der Waals surface area contributed by atoms with Crippen molar-refractivity contribution in [1.29, 1.82) is 0 Å². The molecule has 0 saturated carbocycles. The molecule has 8 heteroatoms. The third-order valence-electron chi connectivity index (χ3n) is 3.92. The molecule has 2 aromatic rings. The molecule has 28 heavy (non-hydrogen) atoms. The maximum Gasteiger partial charge on any atom is 0.407 e. The number of nitrogens with one attached hydrogen (secondary N) is 2. The van der Waals surface area contributed by atoms with Crippen LogP contribution >= 0.6 is 0 Å². The van der Waals surface area contributed by atoms with E-state index in [9.17, 15) is 9.59 Å². The average Bonchev–Trinajstić information content (AvgIpc) is 3.17. The summed E-state index contributed by atoms with van der Waals surface area (Å²) in [7, 11) is 0. The number of alkyl carbamates (subject to hydrolysis) is 1. The monoisotopic (exact) mass is 388 g/mol. The normalized spacial score (nSPS) is 11.9. The van der Waals surface area contributed by atoms with Crippen LogP contribution in [0.4, 0.5) is 4.79 Å². The molecule has 4 N–H and O–H groups in total. The van der Waals surface area contributed by atoms with Gasteiger partial charge in [0.15, 0.2) is 5.69 Å². The van der Waals surface area contributed by atoms with Crippen LogP contribution in [0, 0.1) is 5.92 Å². The minimum Gasteiger partial charge on any atom is -0.446 e. The first-order valence-electron chi connectivity index (χ1n) is 9.39. The van der Waals surface area contributed by atoms with Crippen LogP contribution in [0.15, 0.2) is 41.0 Å². The van der Waals surface area contributed by atoms with Gasteiger partial charge in [0.2, 0.25) is 5.89 Å². The second kappa shape index (κ2) is 11.1. The molecule has 1 atom stereocenters. The van der Waals surface area contributed by atoms with E-state index in [1.165, 1.54) is 6.26 Å². The van der Waals surface area contributed by atoms with E-state index in [1.54, 1.807) is 0 Å². The molecule has 0 aliphatic carbocycles. The number of oxazole rings is 1. The van der Waals surface area contributed by atoms with Crippen LogP contribution in [0.2, 0.25) is 0 Å². The van der Waals surface area contributed by atoms with E-state index in [-0.39, 0.29) is 24.2 Å². The topological polar surface area (TPSA) is 119 Å². The second-order valence-electron chi connectivity index (χ2n) is 6.90. The zero-order valence-corrected chi connectivity index (χ0v) is 16.3. The Balaban J connectivity index is 1.61. The summed E-state index contributed by atoms with van der Waals surface area (Å²) in [5.74, 6) is 0.436. The van der Waals surface area contributed by atoms with Gasteiger partial charge in [-0.2, -0.15) is 0 Å². The van der Waals surface area contributed by atoms with Crippen molar-refractivity contribution < 1.29 is 18.7 Å². The molecule has 0 spiro atoms. The zero-order valence-electron chi connectivity index (χ0n) is 16.3. The first-order chi connectivity index (χ1) is 13.5. The van der Waals surface area contributed by atoms with Gasteiger partial charge in [0, 0.05) is 13.1 Å². The van der Waals surface area contributed by atoms with Crippen LogP contribution in [-0.4, -0.2) is 30.1 Å².